The molecule has 210 valence electrons. The first-order valence-electron chi connectivity index (χ1n) is 14.5. The number of fused-ring (bicyclic) bond motifs is 1. The van der Waals surface area contributed by atoms with Gasteiger partial charge in [-0.1, -0.05) is 104 Å². The van der Waals surface area contributed by atoms with E-state index in [0.717, 1.165) is 19.3 Å². The fourth-order valence-electron chi connectivity index (χ4n) is 4.76. The van der Waals surface area contributed by atoms with E-state index in [-0.39, 0.29) is 35.6 Å². The van der Waals surface area contributed by atoms with Crippen molar-refractivity contribution in [3.63, 3.8) is 0 Å². The summed E-state index contributed by atoms with van der Waals surface area (Å²) >= 11 is 0. The normalized spacial score (nSPS) is 13.2. The summed E-state index contributed by atoms with van der Waals surface area (Å²) in [6.07, 6.45) is 20.5. The molecule has 0 saturated carbocycles. The molecule has 2 heterocycles. The number of hydrogen-bond acceptors (Lipinski definition) is 7. The van der Waals surface area contributed by atoms with E-state index in [1.165, 1.54) is 87.9 Å². The largest absolute Gasteiger partial charge is 0.441 e. The van der Waals surface area contributed by atoms with Crippen LogP contribution in [-0.2, 0) is 9.53 Å². The van der Waals surface area contributed by atoms with Gasteiger partial charge in [0.2, 0.25) is 5.95 Å². The number of H-pyrrole nitrogens is 1. The number of ether oxygens (including phenoxy) is 1. The smallest absolute Gasteiger partial charge is 0.307 e. The first kappa shape index (κ1) is 30.8. The van der Waals surface area contributed by atoms with Crippen LogP contribution in [0.3, 0.4) is 0 Å². The van der Waals surface area contributed by atoms with Crippen LogP contribution in [0.4, 0.5) is 5.95 Å². The maximum Gasteiger partial charge on any atom is 0.307 e. The number of rotatable bonds is 21. The summed E-state index contributed by atoms with van der Waals surface area (Å²) in [6.45, 7) is 3.99. The molecule has 37 heavy (non-hydrogen) atoms. The van der Waals surface area contributed by atoms with Crippen molar-refractivity contribution in [3.8, 4) is 0 Å². The molecule has 0 radical (unpaired) electrons. The second kappa shape index (κ2) is 17.9. The summed E-state index contributed by atoms with van der Waals surface area (Å²) in [5, 5.41) is 9.87. The van der Waals surface area contributed by atoms with E-state index in [1.807, 2.05) is 6.92 Å². The number of anilines is 1. The molecule has 9 heteroatoms. The first-order valence-corrected chi connectivity index (χ1v) is 14.5. The van der Waals surface area contributed by atoms with Crippen LogP contribution in [0, 0.1) is 5.92 Å². The molecule has 0 amide bonds. The van der Waals surface area contributed by atoms with Gasteiger partial charge in [-0.2, -0.15) is 4.98 Å². The molecule has 0 aliphatic carbocycles. The summed E-state index contributed by atoms with van der Waals surface area (Å²) in [6, 6.07) is 0. The third kappa shape index (κ3) is 10.8. The van der Waals surface area contributed by atoms with Gasteiger partial charge in [0.15, 0.2) is 17.4 Å². The molecule has 0 fully saturated rings. The first-order chi connectivity index (χ1) is 18.0. The van der Waals surface area contributed by atoms with Crippen molar-refractivity contribution in [1.29, 1.82) is 0 Å². The average Bonchev–Trinajstić information content (AvgIpc) is 3.30. The minimum absolute atomic E-state index is 0.0424. The van der Waals surface area contributed by atoms with Crippen molar-refractivity contribution >= 4 is 23.1 Å². The Morgan fingerprint density at radius 2 is 1.51 bits per heavy atom. The molecule has 0 bridgehead atoms. The van der Waals surface area contributed by atoms with E-state index in [1.54, 1.807) is 0 Å². The van der Waals surface area contributed by atoms with Crippen LogP contribution >= 0.6 is 0 Å². The van der Waals surface area contributed by atoms with E-state index in [0.29, 0.717) is 12.8 Å². The van der Waals surface area contributed by atoms with E-state index < -0.39 is 11.8 Å². The highest BCUT2D eigenvalue weighted by atomic mass is 16.6. The number of nitrogen functional groups attached to an aromatic ring is 1. The zero-order valence-electron chi connectivity index (χ0n) is 23.1. The number of nitrogens with zero attached hydrogens (tertiary/aromatic N) is 3. The van der Waals surface area contributed by atoms with E-state index in [4.69, 9.17) is 10.5 Å². The van der Waals surface area contributed by atoms with Gasteiger partial charge in [-0.15, -0.1) is 0 Å². The molecule has 0 aliphatic heterocycles. The molecule has 0 aliphatic rings. The number of aromatic amines is 1. The fourth-order valence-corrected chi connectivity index (χ4v) is 4.76. The van der Waals surface area contributed by atoms with Gasteiger partial charge in [0.1, 0.15) is 6.33 Å². The molecular formula is C28H49N5O4. The lowest BCUT2D eigenvalue weighted by Gasteiger charge is -2.26. The maximum absolute atomic E-state index is 12.6. The van der Waals surface area contributed by atoms with Gasteiger partial charge in [-0.3, -0.25) is 19.1 Å². The number of aliphatic hydroxyl groups is 1. The minimum atomic E-state index is -0.808. The van der Waals surface area contributed by atoms with Gasteiger partial charge in [-0.25, -0.2) is 4.98 Å². The standard InChI is InChI=1S/C28H49N5O4/c1-3-5-6-7-8-9-10-11-12-13-14-15-16-17-18-19-23(35)37-27(22(4-2)20-34)33-21-30-24-25(33)31-28(29)32-26(24)36/h21-22,27,34H,3-20H2,1-2H3,(H3,29,31,32,36). The van der Waals surface area contributed by atoms with Crippen LogP contribution in [0.5, 0.6) is 0 Å². The number of imidazole rings is 1. The van der Waals surface area contributed by atoms with Gasteiger partial charge < -0.3 is 15.6 Å². The molecule has 2 unspecified atom stereocenters. The van der Waals surface area contributed by atoms with Crippen LogP contribution in [0.15, 0.2) is 11.1 Å². The quantitative estimate of drug-likeness (QED) is 0.135. The van der Waals surface area contributed by atoms with Crippen LogP contribution in [0.1, 0.15) is 129 Å². The van der Waals surface area contributed by atoms with Crippen molar-refractivity contribution in [1.82, 2.24) is 19.5 Å². The summed E-state index contributed by atoms with van der Waals surface area (Å²) in [5.74, 6) is -0.727. The lowest BCUT2D eigenvalue weighted by Crippen LogP contribution is -2.27. The molecule has 2 aromatic heterocycles. The third-order valence-corrected chi connectivity index (χ3v) is 7.12. The molecule has 2 rings (SSSR count). The average molecular weight is 520 g/mol. The molecular weight excluding hydrogens is 470 g/mol. The second-order valence-electron chi connectivity index (χ2n) is 10.2. The number of nitrogens with one attached hydrogen (secondary N) is 1. The predicted octanol–water partition coefficient (Wildman–Crippen LogP) is 6.02. The summed E-state index contributed by atoms with van der Waals surface area (Å²) < 4.78 is 7.30. The lowest BCUT2D eigenvalue weighted by molar-refractivity contribution is -0.159. The number of aromatic nitrogens is 4. The Balaban J connectivity index is 1.66. The highest BCUT2D eigenvalue weighted by Gasteiger charge is 2.28. The number of esters is 1. The van der Waals surface area contributed by atoms with Crippen molar-refractivity contribution in [2.75, 3.05) is 12.3 Å². The topological polar surface area (TPSA) is 136 Å². The number of carbonyl (C=O) groups excluding carboxylic acids is 1. The zero-order chi connectivity index (χ0) is 26.9. The molecule has 2 atom stereocenters. The minimum Gasteiger partial charge on any atom is -0.441 e. The van der Waals surface area contributed by atoms with Crippen LogP contribution in [0.25, 0.3) is 11.2 Å². The van der Waals surface area contributed by atoms with Crippen molar-refractivity contribution < 1.29 is 14.6 Å². The Kier molecular flexibility index (Phi) is 14.9. The molecule has 2 aromatic rings. The molecule has 4 N–H and O–H groups in total. The van der Waals surface area contributed by atoms with Crippen LogP contribution in [0.2, 0.25) is 0 Å². The van der Waals surface area contributed by atoms with Gasteiger partial charge in [0.05, 0.1) is 6.61 Å². The monoisotopic (exact) mass is 519 g/mol. The number of hydrogen-bond donors (Lipinski definition) is 3. The Morgan fingerprint density at radius 3 is 2.03 bits per heavy atom. The van der Waals surface area contributed by atoms with E-state index in [9.17, 15) is 14.7 Å². The van der Waals surface area contributed by atoms with E-state index in [2.05, 4.69) is 21.9 Å². The maximum atomic E-state index is 12.6. The Morgan fingerprint density at radius 1 is 0.973 bits per heavy atom. The number of unbranched alkanes of at least 4 members (excludes halogenated alkanes) is 14. The highest BCUT2D eigenvalue weighted by Crippen LogP contribution is 2.26. The SMILES string of the molecule is CCCCCCCCCCCCCCCCCC(=O)OC(C(CC)CO)n1cnc2c(=O)[nH]c(N)nc21. The summed E-state index contributed by atoms with van der Waals surface area (Å²) in [7, 11) is 0. The Bertz CT molecular complexity index is 954. The van der Waals surface area contributed by atoms with Gasteiger partial charge in [-0.05, 0) is 12.8 Å². The summed E-state index contributed by atoms with van der Waals surface area (Å²) in [5.41, 5.74) is 5.59. The molecule has 0 spiro atoms. The molecule has 0 saturated heterocycles. The van der Waals surface area contributed by atoms with E-state index >= 15 is 0 Å². The van der Waals surface area contributed by atoms with Crippen LogP contribution in [-0.4, -0.2) is 37.2 Å². The zero-order valence-corrected chi connectivity index (χ0v) is 23.1. The number of nitrogens with two attached hydrogens (primary N) is 1. The molecule has 9 nitrogen and oxygen atoms in total. The Hall–Kier alpha value is -2.42. The van der Waals surface area contributed by atoms with Crippen LogP contribution < -0.4 is 11.3 Å². The predicted molar refractivity (Wildman–Crippen MR) is 148 cm³/mol. The van der Waals surface area contributed by atoms with Crippen molar-refractivity contribution in [2.24, 2.45) is 5.92 Å². The Labute approximate surface area is 221 Å². The number of aliphatic hydroxyl groups excluding tert-OH is 1. The summed E-state index contributed by atoms with van der Waals surface area (Å²) in [4.78, 5) is 35.5. The second-order valence-corrected chi connectivity index (χ2v) is 10.2. The van der Waals surface area contributed by atoms with Gasteiger partial charge in [0.25, 0.3) is 5.56 Å². The van der Waals surface area contributed by atoms with Gasteiger partial charge >= 0.3 is 5.97 Å². The number of carbonyl (C=O) groups is 1. The lowest BCUT2D eigenvalue weighted by atomic mass is 10.0. The highest BCUT2D eigenvalue weighted by molar-refractivity contribution is 5.72. The third-order valence-electron chi connectivity index (χ3n) is 7.12. The van der Waals surface area contributed by atoms with Crippen molar-refractivity contribution in [2.45, 2.75) is 129 Å². The van der Waals surface area contributed by atoms with Crippen molar-refractivity contribution in [3.05, 3.63) is 16.7 Å². The fraction of sp³-hybridized carbons (Fsp3) is 0.786. The van der Waals surface area contributed by atoms with Gasteiger partial charge in [0, 0.05) is 12.3 Å². The molecule has 0 aromatic carbocycles.